The van der Waals surface area contributed by atoms with Gasteiger partial charge < -0.3 is 5.32 Å². The molecule has 0 saturated carbocycles. The predicted molar refractivity (Wildman–Crippen MR) is 75.6 cm³/mol. The Hall–Kier alpha value is -0.880. The van der Waals surface area contributed by atoms with Crippen molar-refractivity contribution in [1.29, 1.82) is 0 Å². The van der Waals surface area contributed by atoms with E-state index in [1.54, 1.807) is 22.6 Å². The van der Waals surface area contributed by atoms with E-state index in [4.69, 9.17) is 0 Å². The van der Waals surface area contributed by atoms with Crippen molar-refractivity contribution in [2.45, 2.75) is 6.18 Å². The van der Waals surface area contributed by atoms with Crippen molar-refractivity contribution in [1.82, 2.24) is 4.72 Å². The quantitative estimate of drug-likeness (QED) is 0.727. The van der Waals surface area contributed by atoms with Gasteiger partial charge in [-0.2, -0.15) is 13.2 Å². The summed E-state index contributed by atoms with van der Waals surface area (Å²) in [5, 5.41) is 2.22. The molecule has 112 valence electrons. The minimum Gasteiger partial charge on any atom is -0.324 e. The Kier molecular flexibility index (Phi) is 5.38. The van der Waals surface area contributed by atoms with Crippen molar-refractivity contribution in [3.63, 3.8) is 0 Å². The van der Waals surface area contributed by atoms with Crippen LogP contribution in [-0.4, -0.2) is 27.1 Å². The maximum atomic E-state index is 12.5. The van der Waals surface area contributed by atoms with Crippen LogP contribution in [0, 0.1) is 3.57 Å². The van der Waals surface area contributed by atoms with Crippen LogP contribution >= 0.6 is 22.6 Å². The zero-order chi connectivity index (χ0) is 15.6. The molecule has 0 aliphatic rings. The van der Waals surface area contributed by atoms with Gasteiger partial charge in [0.1, 0.15) is 0 Å². The van der Waals surface area contributed by atoms with E-state index in [2.05, 4.69) is 5.32 Å². The number of hydrogen-bond donors (Lipinski definition) is 2. The predicted octanol–water partition coefficient (Wildman–Crippen LogP) is 1.80. The second kappa shape index (κ2) is 6.26. The molecule has 0 aliphatic carbocycles. The molecule has 1 aromatic carbocycles. The van der Waals surface area contributed by atoms with Crippen LogP contribution < -0.4 is 10.0 Å². The second-order valence-electron chi connectivity index (χ2n) is 3.83. The van der Waals surface area contributed by atoms with E-state index >= 15 is 0 Å². The molecule has 0 spiro atoms. The number of alkyl halides is 3. The van der Waals surface area contributed by atoms with E-state index in [1.165, 1.54) is 6.07 Å². The molecule has 0 aromatic heterocycles. The van der Waals surface area contributed by atoms with Gasteiger partial charge in [-0.3, -0.25) is 4.79 Å². The average Bonchev–Trinajstić information content (AvgIpc) is 2.27. The van der Waals surface area contributed by atoms with Crippen LogP contribution in [0.3, 0.4) is 0 Å². The molecule has 0 fully saturated rings. The largest absolute Gasteiger partial charge is 0.416 e. The van der Waals surface area contributed by atoms with Crippen LogP contribution in [0.25, 0.3) is 0 Å². The van der Waals surface area contributed by atoms with Crippen LogP contribution in [0.5, 0.6) is 0 Å². The fourth-order valence-electron chi connectivity index (χ4n) is 1.19. The molecule has 20 heavy (non-hydrogen) atoms. The number of carbonyl (C=O) groups excluding carboxylic acids is 1. The molecular formula is C10H10F3IN2O3S. The average molecular weight is 422 g/mol. The van der Waals surface area contributed by atoms with Crippen LogP contribution in [0.4, 0.5) is 18.9 Å². The summed E-state index contributed by atoms with van der Waals surface area (Å²) >= 11 is 1.76. The van der Waals surface area contributed by atoms with Gasteiger partial charge in [0.25, 0.3) is 0 Å². The Morgan fingerprint density at radius 2 is 1.95 bits per heavy atom. The highest BCUT2D eigenvalue weighted by atomic mass is 127. The lowest BCUT2D eigenvalue weighted by atomic mass is 10.2. The first-order valence-electron chi connectivity index (χ1n) is 5.10. The Balaban J connectivity index is 2.84. The number of sulfonamides is 1. The number of hydrogen-bond acceptors (Lipinski definition) is 3. The van der Waals surface area contributed by atoms with Crippen molar-refractivity contribution in [2.75, 3.05) is 18.1 Å². The third-order valence-electron chi connectivity index (χ3n) is 2.06. The maximum absolute atomic E-state index is 12.5. The van der Waals surface area contributed by atoms with E-state index < -0.39 is 34.2 Å². The lowest BCUT2D eigenvalue weighted by molar-refractivity contribution is -0.137. The molecule has 0 saturated heterocycles. The normalized spacial score (nSPS) is 12.2. The van der Waals surface area contributed by atoms with Crippen LogP contribution in [0.2, 0.25) is 0 Å². The molecule has 5 nitrogen and oxygen atoms in total. The van der Waals surface area contributed by atoms with Gasteiger partial charge in [0.05, 0.1) is 24.1 Å². The summed E-state index contributed by atoms with van der Waals surface area (Å²) in [6, 6.07) is 2.90. The number of amides is 1. The fourth-order valence-corrected chi connectivity index (χ4v) is 2.05. The van der Waals surface area contributed by atoms with Crippen molar-refractivity contribution in [3.05, 3.63) is 27.3 Å². The maximum Gasteiger partial charge on any atom is 0.416 e. The first-order chi connectivity index (χ1) is 8.99. The third kappa shape index (κ3) is 5.63. The third-order valence-corrected chi connectivity index (χ3v) is 3.67. The molecule has 0 aliphatic heterocycles. The Labute approximate surface area is 127 Å². The van der Waals surface area contributed by atoms with E-state index in [9.17, 15) is 26.4 Å². The molecular weight excluding hydrogens is 412 g/mol. The first kappa shape index (κ1) is 17.2. The van der Waals surface area contributed by atoms with Crippen LogP contribution in [0.15, 0.2) is 18.2 Å². The first-order valence-corrected chi connectivity index (χ1v) is 8.07. The Morgan fingerprint density at radius 3 is 2.45 bits per heavy atom. The molecule has 0 heterocycles. The summed E-state index contributed by atoms with van der Waals surface area (Å²) < 4.78 is 61.5. The van der Waals surface area contributed by atoms with Gasteiger partial charge in [-0.25, -0.2) is 13.1 Å². The van der Waals surface area contributed by atoms with Gasteiger partial charge in [0.2, 0.25) is 15.9 Å². The fraction of sp³-hybridized carbons (Fsp3) is 0.300. The Morgan fingerprint density at radius 1 is 1.35 bits per heavy atom. The van der Waals surface area contributed by atoms with E-state index in [0.717, 1.165) is 18.4 Å². The van der Waals surface area contributed by atoms with Crippen molar-refractivity contribution < 1.29 is 26.4 Å². The number of anilines is 1. The zero-order valence-corrected chi connectivity index (χ0v) is 13.1. The lowest BCUT2D eigenvalue weighted by Crippen LogP contribution is -2.32. The molecule has 0 radical (unpaired) electrons. The van der Waals surface area contributed by atoms with E-state index in [-0.39, 0.29) is 5.69 Å². The standard InChI is InChI=1S/C10H10F3IN2O3S/c1-20(18,19)15-5-9(17)16-8-4-6(10(11,12)13)2-3-7(8)14/h2-4,15H,5H2,1H3,(H,16,17). The Bertz CT molecular complexity index is 617. The number of rotatable bonds is 4. The molecule has 0 bridgehead atoms. The summed E-state index contributed by atoms with van der Waals surface area (Å²) in [5.74, 6) is -0.757. The number of benzene rings is 1. The van der Waals surface area contributed by atoms with Crippen molar-refractivity contribution in [2.24, 2.45) is 0 Å². The molecule has 0 unspecified atom stereocenters. The van der Waals surface area contributed by atoms with E-state index in [0.29, 0.717) is 3.57 Å². The highest BCUT2D eigenvalue weighted by Gasteiger charge is 2.31. The highest BCUT2D eigenvalue weighted by Crippen LogP contribution is 2.32. The number of halogens is 4. The second-order valence-corrected chi connectivity index (χ2v) is 6.83. The highest BCUT2D eigenvalue weighted by molar-refractivity contribution is 14.1. The van der Waals surface area contributed by atoms with Gasteiger partial charge in [-0.05, 0) is 40.8 Å². The summed E-state index contributed by atoms with van der Waals surface area (Å²) in [6.07, 6.45) is -3.65. The summed E-state index contributed by atoms with van der Waals surface area (Å²) in [6.45, 7) is -0.550. The molecule has 1 amide bonds. The topological polar surface area (TPSA) is 75.3 Å². The van der Waals surface area contributed by atoms with Crippen molar-refractivity contribution >= 4 is 44.2 Å². The summed E-state index contributed by atoms with van der Waals surface area (Å²) in [7, 11) is -3.55. The van der Waals surface area contributed by atoms with Crippen LogP contribution in [0.1, 0.15) is 5.56 Å². The number of nitrogens with one attached hydrogen (secondary N) is 2. The minimum atomic E-state index is -4.52. The molecule has 1 rings (SSSR count). The monoisotopic (exact) mass is 422 g/mol. The van der Waals surface area contributed by atoms with Crippen LogP contribution in [-0.2, 0) is 21.0 Å². The lowest BCUT2D eigenvalue weighted by Gasteiger charge is -2.12. The minimum absolute atomic E-state index is 0.0271. The van der Waals surface area contributed by atoms with Gasteiger partial charge in [0, 0.05) is 3.57 Å². The summed E-state index contributed by atoms with van der Waals surface area (Å²) in [5.41, 5.74) is -0.926. The van der Waals surface area contributed by atoms with Gasteiger partial charge in [-0.15, -0.1) is 0 Å². The summed E-state index contributed by atoms with van der Waals surface area (Å²) in [4.78, 5) is 11.4. The molecule has 2 N–H and O–H groups in total. The molecule has 10 heteroatoms. The number of carbonyl (C=O) groups is 1. The van der Waals surface area contributed by atoms with E-state index in [1.807, 2.05) is 4.72 Å². The molecule has 1 aromatic rings. The van der Waals surface area contributed by atoms with Gasteiger partial charge >= 0.3 is 6.18 Å². The van der Waals surface area contributed by atoms with Crippen molar-refractivity contribution in [3.8, 4) is 0 Å². The molecule has 0 atom stereocenters. The van der Waals surface area contributed by atoms with Gasteiger partial charge in [-0.1, -0.05) is 0 Å². The zero-order valence-electron chi connectivity index (χ0n) is 10.1. The van der Waals surface area contributed by atoms with Gasteiger partial charge in [0.15, 0.2) is 0 Å². The smallest absolute Gasteiger partial charge is 0.324 e. The SMILES string of the molecule is CS(=O)(=O)NCC(=O)Nc1cc(C(F)(F)F)ccc1I.